The summed E-state index contributed by atoms with van der Waals surface area (Å²) in [6.45, 7) is 10.6. The largest absolute Gasteiger partial charge is 0.322 e. The van der Waals surface area contributed by atoms with Gasteiger partial charge in [-0.05, 0) is 66.3 Å². The second kappa shape index (κ2) is 9.06. The first kappa shape index (κ1) is 23.1. The van der Waals surface area contributed by atoms with Crippen molar-refractivity contribution in [1.82, 2.24) is 0 Å². The van der Waals surface area contributed by atoms with Crippen LogP contribution in [0.4, 0.5) is 11.4 Å². The Morgan fingerprint density at radius 2 is 1.73 bits per heavy atom. The van der Waals surface area contributed by atoms with Gasteiger partial charge < -0.3 is 5.32 Å². The molecule has 4 rings (SSSR count). The summed E-state index contributed by atoms with van der Waals surface area (Å²) in [5.41, 5.74) is 6.76. The van der Waals surface area contributed by atoms with Crippen molar-refractivity contribution < 1.29 is 9.59 Å². The monoisotopic (exact) mass is 458 g/mol. The van der Waals surface area contributed by atoms with E-state index in [4.69, 9.17) is 0 Å². The Morgan fingerprint density at radius 3 is 2.39 bits per heavy atom. The molecule has 0 aliphatic carbocycles. The molecule has 1 saturated heterocycles. The Hall–Kier alpha value is -3.05. The molecule has 1 fully saturated rings. The number of thioether (sulfide) groups is 1. The summed E-state index contributed by atoms with van der Waals surface area (Å²) < 4.78 is 0. The normalized spacial score (nSPS) is 16.2. The summed E-state index contributed by atoms with van der Waals surface area (Å²) in [5.74, 6) is 0.397. The molecule has 3 aromatic rings. The summed E-state index contributed by atoms with van der Waals surface area (Å²) in [6.07, 6.45) is 0. The van der Waals surface area contributed by atoms with Crippen LogP contribution in [0.2, 0.25) is 0 Å². The molecule has 170 valence electrons. The smallest absolute Gasteiger partial charge is 0.255 e. The lowest BCUT2D eigenvalue weighted by atomic mass is 9.87. The van der Waals surface area contributed by atoms with Gasteiger partial charge in [0.25, 0.3) is 5.91 Å². The second-order valence-corrected chi connectivity index (χ2v) is 10.7. The first-order valence-corrected chi connectivity index (χ1v) is 12.2. The van der Waals surface area contributed by atoms with Crippen LogP contribution < -0.4 is 10.2 Å². The lowest BCUT2D eigenvalue weighted by Crippen LogP contribution is -2.28. The second-order valence-electron chi connectivity index (χ2n) is 9.62. The number of carbonyl (C=O) groups is 2. The third kappa shape index (κ3) is 4.98. The maximum absolute atomic E-state index is 12.8. The van der Waals surface area contributed by atoms with Crippen LogP contribution in [0.5, 0.6) is 0 Å². The molecule has 1 aliphatic heterocycles. The van der Waals surface area contributed by atoms with Crippen molar-refractivity contribution in [2.24, 2.45) is 0 Å². The Bertz CT molecular complexity index is 1200. The van der Waals surface area contributed by atoms with E-state index in [9.17, 15) is 9.59 Å². The molecule has 4 nitrogen and oxygen atoms in total. The molecule has 2 amide bonds. The SMILES string of the molecule is Cc1ccc(N2C(=O)CSC2c2cccc(NC(=O)c3ccc(C(C)(C)C)cc3)c2)c(C)c1. The Morgan fingerprint density at radius 1 is 1.00 bits per heavy atom. The summed E-state index contributed by atoms with van der Waals surface area (Å²) in [4.78, 5) is 27.5. The Kier molecular flexibility index (Phi) is 6.35. The van der Waals surface area contributed by atoms with Crippen LogP contribution in [0.3, 0.4) is 0 Å². The van der Waals surface area contributed by atoms with E-state index in [1.54, 1.807) is 11.8 Å². The van der Waals surface area contributed by atoms with Crippen molar-refractivity contribution in [1.29, 1.82) is 0 Å². The van der Waals surface area contributed by atoms with E-state index < -0.39 is 0 Å². The minimum Gasteiger partial charge on any atom is -0.322 e. The van der Waals surface area contributed by atoms with Gasteiger partial charge in [0.05, 0.1) is 5.75 Å². The zero-order valence-corrected chi connectivity index (χ0v) is 20.6. The molecule has 0 bridgehead atoms. The van der Waals surface area contributed by atoms with Gasteiger partial charge in [-0.15, -0.1) is 11.8 Å². The number of anilines is 2. The van der Waals surface area contributed by atoms with Gasteiger partial charge >= 0.3 is 0 Å². The summed E-state index contributed by atoms with van der Waals surface area (Å²) in [7, 11) is 0. The third-order valence-corrected chi connectivity index (χ3v) is 7.13. The molecule has 0 spiro atoms. The standard InChI is InChI=1S/C28H30N2O2S/c1-18-9-14-24(19(2)15-18)30-25(31)17-33-27(30)21-7-6-8-23(16-21)29-26(32)20-10-12-22(13-11-20)28(3,4)5/h6-16,27H,17H2,1-5H3,(H,29,32). The number of nitrogens with one attached hydrogen (secondary N) is 1. The van der Waals surface area contributed by atoms with Crippen LogP contribution in [0.15, 0.2) is 66.7 Å². The predicted molar refractivity (Wildman–Crippen MR) is 138 cm³/mol. The van der Waals surface area contributed by atoms with Crippen LogP contribution in [0.1, 0.15) is 58.8 Å². The number of benzene rings is 3. The van der Waals surface area contributed by atoms with Crippen LogP contribution >= 0.6 is 11.8 Å². The number of hydrogen-bond acceptors (Lipinski definition) is 3. The molecule has 1 heterocycles. The lowest BCUT2D eigenvalue weighted by molar-refractivity contribution is -0.115. The molecule has 0 radical (unpaired) electrons. The summed E-state index contributed by atoms with van der Waals surface area (Å²) >= 11 is 1.61. The lowest BCUT2D eigenvalue weighted by Gasteiger charge is -2.26. The van der Waals surface area contributed by atoms with Crippen molar-refractivity contribution in [2.75, 3.05) is 16.0 Å². The van der Waals surface area contributed by atoms with E-state index in [1.807, 2.05) is 72.5 Å². The Labute approximate surface area is 200 Å². The molecule has 1 atom stereocenters. The number of hydrogen-bond donors (Lipinski definition) is 1. The number of carbonyl (C=O) groups excluding carboxylic acids is 2. The van der Waals surface area contributed by atoms with Gasteiger partial charge in [0.15, 0.2) is 0 Å². The third-order valence-electron chi connectivity index (χ3n) is 5.92. The predicted octanol–water partition coefficient (Wildman–Crippen LogP) is 6.63. The number of amides is 2. The van der Waals surface area contributed by atoms with Crippen molar-refractivity contribution >= 4 is 35.0 Å². The maximum atomic E-state index is 12.8. The van der Waals surface area contributed by atoms with Gasteiger partial charge in [-0.1, -0.05) is 62.7 Å². The van der Waals surface area contributed by atoms with Crippen LogP contribution in [-0.4, -0.2) is 17.6 Å². The van der Waals surface area contributed by atoms with E-state index in [2.05, 4.69) is 39.1 Å². The van der Waals surface area contributed by atoms with Gasteiger partial charge in [-0.25, -0.2) is 0 Å². The zero-order chi connectivity index (χ0) is 23.8. The van der Waals surface area contributed by atoms with Gasteiger partial charge in [-0.3, -0.25) is 14.5 Å². The minimum absolute atomic E-state index is 0.0431. The molecule has 1 N–H and O–H groups in total. The number of rotatable bonds is 4. The fourth-order valence-corrected chi connectivity index (χ4v) is 5.26. The van der Waals surface area contributed by atoms with E-state index in [-0.39, 0.29) is 22.6 Å². The topological polar surface area (TPSA) is 49.4 Å². The highest BCUT2D eigenvalue weighted by molar-refractivity contribution is 8.00. The van der Waals surface area contributed by atoms with Crippen LogP contribution in [0, 0.1) is 13.8 Å². The minimum atomic E-state index is -0.144. The molecule has 3 aromatic carbocycles. The van der Waals surface area contributed by atoms with Crippen molar-refractivity contribution in [2.45, 2.75) is 45.4 Å². The summed E-state index contributed by atoms with van der Waals surface area (Å²) in [5, 5.41) is 2.89. The number of aryl methyl sites for hydroxylation is 2. The molecule has 0 saturated carbocycles. The van der Waals surface area contributed by atoms with Crippen LogP contribution in [0.25, 0.3) is 0 Å². The average molecular weight is 459 g/mol. The Balaban J connectivity index is 1.56. The van der Waals surface area contributed by atoms with Gasteiger partial charge in [0.2, 0.25) is 5.91 Å². The summed E-state index contributed by atoms with van der Waals surface area (Å²) in [6, 6.07) is 21.7. The highest BCUT2D eigenvalue weighted by Crippen LogP contribution is 2.43. The van der Waals surface area contributed by atoms with Crippen molar-refractivity contribution in [3.63, 3.8) is 0 Å². The average Bonchev–Trinajstić information content (AvgIpc) is 3.14. The molecular formula is C28H30N2O2S. The molecule has 5 heteroatoms. The fourth-order valence-electron chi connectivity index (χ4n) is 4.10. The van der Waals surface area contributed by atoms with Gasteiger partial charge in [0, 0.05) is 16.9 Å². The highest BCUT2D eigenvalue weighted by atomic mass is 32.2. The quantitative estimate of drug-likeness (QED) is 0.477. The molecular weight excluding hydrogens is 428 g/mol. The number of nitrogens with zero attached hydrogens (tertiary/aromatic N) is 1. The fraction of sp³-hybridized carbons (Fsp3) is 0.286. The van der Waals surface area contributed by atoms with Gasteiger partial charge in [0.1, 0.15) is 5.37 Å². The molecule has 1 unspecified atom stereocenters. The van der Waals surface area contributed by atoms with Gasteiger partial charge in [-0.2, -0.15) is 0 Å². The van der Waals surface area contributed by atoms with Crippen LogP contribution in [-0.2, 0) is 10.2 Å². The highest BCUT2D eigenvalue weighted by Gasteiger charge is 2.35. The van der Waals surface area contributed by atoms with E-state index in [0.29, 0.717) is 11.3 Å². The van der Waals surface area contributed by atoms with Crippen molar-refractivity contribution in [3.05, 3.63) is 94.5 Å². The van der Waals surface area contributed by atoms with E-state index in [1.165, 1.54) is 11.1 Å². The van der Waals surface area contributed by atoms with E-state index >= 15 is 0 Å². The zero-order valence-electron chi connectivity index (χ0n) is 19.8. The molecule has 0 aromatic heterocycles. The first-order valence-electron chi connectivity index (χ1n) is 11.2. The maximum Gasteiger partial charge on any atom is 0.255 e. The van der Waals surface area contributed by atoms with E-state index in [0.717, 1.165) is 22.5 Å². The first-order chi connectivity index (χ1) is 15.6. The molecule has 1 aliphatic rings. The van der Waals surface area contributed by atoms with Crippen molar-refractivity contribution in [3.8, 4) is 0 Å². The molecule has 33 heavy (non-hydrogen) atoms.